The van der Waals surface area contributed by atoms with Gasteiger partial charge in [0.1, 0.15) is 6.10 Å². The number of rotatable bonds is 5. The van der Waals surface area contributed by atoms with Crippen LogP contribution in [0.1, 0.15) is 17.2 Å². The van der Waals surface area contributed by atoms with Crippen molar-refractivity contribution in [3.8, 4) is 0 Å². The summed E-state index contributed by atoms with van der Waals surface area (Å²) in [5, 5.41) is 12.8. The molecule has 5 heteroatoms. The zero-order valence-electron chi connectivity index (χ0n) is 13.6. The van der Waals surface area contributed by atoms with Crippen LogP contribution in [-0.4, -0.2) is 38.9 Å². The smallest absolute Gasteiger partial charge is 0.108 e. The maximum absolute atomic E-state index is 10.5. The minimum Gasteiger partial charge on any atom is -0.548 e. The van der Waals surface area contributed by atoms with E-state index in [0.717, 1.165) is 37.4 Å². The highest BCUT2D eigenvalue weighted by Gasteiger charge is 2.13. The Kier molecular flexibility index (Phi) is 7.97. The Morgan fingerprint density at radius 1 is 1.00 bits per heavy atom. The van der Waals surface area contributed by atoms with Crippen LogP contribution in [0.5, 0.6) is 0 Å². The van der Waals surface area contributed by atoms with Gasteiger partial charge in [0.2, 0.25) is 0 Å². The van der Waals surface area contributed by atoms with Crippen molar-refractivity contribution in [3.05, 3.63) is 71.8 Å². The Morgan fingerprint density at radius 2 is 1.50 bits per heavy atom. The van der Waals surface area contributed by atoms with Crippen LogP contribution in [0, 0.1) is 0 Å². The number of carbonyl (C=O) groups excluding carboxylic acids is 1. The molecule has 5 nitrogen and oxygen atoms in total. The number of carboxylic acids is 1. The first-order chi connectivity index (χ1) is 11.8. The highest BCUT2D eigenvalue weighted by Crippen LogP contribution is 2.25. The Bertz CT molecular complexity index is 534. The van der Waals surface area contributed by atoms with E-state index in [1.807, 2.05) is 60.7 Å². The summed E-state index contributed by atoms with van der Waals surface area (Å²) in [6, 6.07) is 19.0. The van der Waals surface area contributed by atoms with Crippen LogP contribution >= 0.6 is 0 Å². The summed E-state index contributed by atoms with van der Waals surface area (Å²) in [6.07, 6.45) is -0.384. The van der Waals surface area contributed by atoms with Gasteiger partial charge >= 0.3 is 0 Å². The van der Waals surface area contributed by atoms with E-state index in [-0.39, 0.29) is 6.10 Å². The van der Waals surface area contributed by atoms with Gasteiger partial charge in [0.05, 0.1) is 38.9 Å². The summed E-state index contributed by atoms with van der Waals surface area (Å²) < 4.78 is 10.5. The molecule has 1 heterocycles. The second kappa shape index (κ2) is 10.5. The number of aliphatic carboxylic acids is 1. The second-order valence-electron chi connectivity index (χ2n) is 5.36. The van der Waals surface area contributed by atoms with Crippen LogP contribution in [0.4, 0.5) is 0 Å². The SMILES string of the molecule is C1COCC[NH2+]1.O=C([O-])COC(c1ccccc1)c1ccccc1. The number of quaternary nitrogens is 1. The molecule has 0 radical (unpaired) electrons. The third-order valence-electron chi connectivity index (χ3n) is 3.51. The first-order valence-corrected chi connectivity index (χ1v) is 8.08. The minimum absolute atomic E-state index is 0.384. The lowest BCUT2D eigenvalue weighted by atomic mass is 10.0. The Balaban J connectivity index is 0.000000292. The van der Waals surface area contributed by atoms with Crippen LogP contribution < -0.4 is 10.4 Å². The van der Waals surface area contributed by atoms with E-state index < -0.39 is 12.6 Å². The van der Waals surface area contributed by atoms with Crippen molar-refractivity contribution in [3.63, 3.8) is 0 Å². The van der Waals surface area contributed by atoms with Crippen molar-refractivity contribution in [1.29, 1.82) is 0 Å². The molecule has 3 rings (SSSR count). The van der Waals surface area contributed by atoms with Gasteiger partial charge in [-0.05, 0) is 11.1 Å². The molecule has 0 saturated carbocycles. The van der Waals surface area contributed by atoms with Gasteiger partial charge in [-0.15, -0.1) is 0 Å². The molecule has 1 fully saturated rings. The summed E-state index contributed by atoms with van der Waals surface area (Å²) >= 11 is 0. The molecule has 1 aliphatic rings. The maximum Gasteiger partial charge on any atom is 0.108 e. The van der Waals surface area contributed by atoms with E-state index in [1.54, 1.807) is 0 Å². The molecule has 0 amide bonds. The Labute approximate surface area is 142 Å². The fourth-order valence-electron chi connectivity index (χ4n) is 2.37. The first kappa shape index (κ1) is 18.1. The number of hydrogen-bond donors (Lipinski definition) is 1. The van der Waals surface area contributed by atoms with Crippen LogP contribution in [0.25, 0.3) is 0 Å². The van der Waals surface area contributed by atoms with Gasteiger partial charge in [-0.25, -0.2) is 0 Å². The first-order valence-electron chi connectivity index (χ1n) is 8.08. The molecule has 0 unspecified atom stereocenters. The number of ether oxygens (including phenoxy) is 2. The molecule has 0 aromatic heterocycles. The van der Waals surface area contributed by atoms with Crippen LogP contribution in [0.15, 0.2) is 60.7 Å². The lowest BCUT2D eigenvalue weighted by Crippen LogP contribution is -2.87. The van der Waals surface area contributed by atoms with E-state index in [2.05, 4.69) is 5.32 Å². The summed E-state index contributed by atoms with van der Waals surface area (Å²) in [5.74, 6) is -1.22. The monoisotopic (exact) mass is 329 g/mol. The third-order valence-corrected chi connectivity index (χ3v) is 3.51. The Morgan fingerprint density at radius 3 is 1.83 bits per heavy atom. The van der Waals surface area contributed by atoms with Gasteiger partial charge in [0.15, 0.2) is 0 Å². The van der Waals surface area contributed by atoms with Gasteiger partial charge in [0.25, 0.3) is 0 Å². The van der Waals surface area contributed by atoms with Gasteiger partial charge < -0.3 is 24.7 Å². The molecule has 0 atom stereocenters. The van der Waals surface area contributed by atoms with Crippen LogP contribution in [0.3, 0.4) is 0 Å². The summed E-state index contributed by atoms with van der Waals surface area (Å²) in [6.45, 7) is 3.77. The molecular formula is C19H23NO4. The number of benzene rings is 2. The van der Waals surface area contributed by atoms with Gasteiger partial charge in [0, 0.05) is 0 Å². The molecule has 24 heavy (non-hydrogen) atoms. The average molecular weight is 329 g/mol. The highest BCUT2D eigenvalue weighted by molar-refractivity contribution is 5.65. The van der Waals surface area contributed by atoms with Gasteiger partial charge in [-0.1, -0.05) is 60.7 Å². The standard InChI is InChI=1S/C15H14O3.C4H9NO/c16-14(17)11-18-15(12-7-3-1-4-8-12)13-9-5-2-6-10-13;1-3-6-4-2-5-1/h1-10,15H,11H2,(H,16,17);5H,1-4H2. The van der Waals surface area contributed by atoms with Crippen molar-refractivity contribution < 1.29 is 24.7 Å². The predicted molar refractivity (Wildman–Crippen MR) is 88.2 cm³/mol. The van der Waals surface area contributed by atoms with Gasteiger partial charge in [-0.2, -0.15) is 0 Å². The van der Waals surface area contributed by atoms with Crippen molar-refractivity contribution >= 4 is 5.97 Å². The molecule has 128 valence electrons. The lowest BCUT2D eigenvalue weighted by molar-refractivity contribution is -0.670. The van der Waals surface area contributed by atoms with E-state index in [1.165, 1.54) is 0 Å². The topological polar surface area (TPSA) is 75.2 Å². The molecule has 2 aromatic rings. The zero-order valence-corrected chi connectivity index (χ0v) is 13.6. The number of carbonyl (C=O) groups is 1. The highest BCUT2D eigenvalue weighted by atomic mass is 16.5. The second-order valence-corrected chi connectivity index (χ2v) is 5.36. The average Bonchev–Trinajstić information content (AvgIpc) is 2.65. The number of carboxylic acid groups (broad SMARTS) is 1. The lowest BCUT2D eigenvalue weighted by Gasteiger charge is -2.19. The largest absolute Gasteiger partial charge is 0.548 e. The van der Waals surface area contributed by atoms with E-state index in [0.29, 0.717) is 0 Å². The van der Waals surface area contributed by atoms with E-state index in [4.69, 9.17) is 9.47 Å². The normalized spacial score (nSPS) is 13.9. The summed E-state index contributed by atoms with van der Waals surface area (Å²) in [4.78, 5) is 10.5. The van der Waals surface area contributed by atoms with Crippen LogP contribution in [0.2, 0.25) is 0 Å². The number of morpholine rings is 1. The predicted octanol–water partition coefficient (Wildman–Crippen LogP) is 0.123. The number of hydrogen-bond acceptors (Lipinski definition) is 4. The molecule has 1 saturated heterocycles. The number of nitrogens with two attached hydrogens (primary N) is 1. The van der Waals surface area contributed by atoms with Crippen molar-refractivity contribution in [1.82, 2.24) is 0 Å². The van der Waals surface area contributed by atoms with Gasteiger partial charge in [-0.3, -0.25) is 0 Å². The van der Waals surface area contributed by atoms with E-state index in [9.17, 15) is 9.90 Å². The van der Waals surface area contributed by atoms with E-state index >= 15 is 0 Å². The Hall–Kier alpha value is -2.21. The summed E-state index contributed by atoms with van der Waals surface area (Å²) in [7, 11) is 0. The fourth-order valence-corrected chi connectivity index (χ4v) is 2.37. The third kappa shape index (κ3) is 6.50. The molecule has 1 aliphatic heterocycles. The minimum atomic E-state index is -1.22. The fraction of sp³-hybridized carbons (Fsp3) is 0.316. The van der Waals surface area contributed by atoms with Crippen molar-refractivity contribution in [2.45, 2.75) is 6.10 Å². The molecule has 0 bridgehead atoms. The molecular weight excluding hydrogens is 306 g/mol. The quantitative estimate of drug-likeness (QED) is 0.846. The van der Waals surface area contributed by atoms with Crippen LogP contribution in [-0.2, 0) is 14.3 Å². The zero-order chi connectivity index (χ0) is 17.0. The maximum atomic E-state index is 10.5. The molecule has 0 spiro atoms. The van der Waals surface area contributed by atoms with Crippen molar-refractivity contribution in [2.24, 2.45) is 0 Å². The molecule has 2 aromatic carbocycles. The van der Waals surface area contributed by atoms with Crippen molar-refractivity contribution in [2.75, 3.05) is 32.9 Å². The molecule has 0 aliphatic carbocycles. The summed E-state index contributed by atoms with van der Waals surface area (Å²) in [5.41, 5.74) is 1.84. The molecule has 2 N–H and O–H groups in total.